The molecule has 1 rings (SSSR count). The molecule has 8 heavy (non-hydrogen) atoms. The first-order valence-corrected chi connectivity index (χ1v) is 2.76. The van der Waals surface area contributed by atoms with Crippen molar-refractivity contribution in [1.29, 1.82) is 0 Å². The smallest absolute Gasteiger partial charge is 0.163 e. The van der Waals surface area contributed by atoms with Crippen LogP contribution in [-0.4, -0.2) is 12.8 Å². The Morgan fingerprint density at radius 2 is 2.25 bits per heavy atom. The second kappa shape index (κ2) is 2.18. The molecule has 0 bridgehead atoms. The van der Waals surface area contributed by atoms with Crippen LogP contribution in [0.1, 0.15) is 0 Å². The summed E-state index contributed by atoms with van der Waals surface area (Å²) < 4.78 is 0. The predicted octanol–water partition coefficient (Wildman–Crippen LogP) is -0.00660. The Balaban J connectivity index is 3.08. The van der Waals surface area contributed by atoms with E-state index < -0.39 is 0 Å². The van der Waals surface area contributed by atoms with Crippen LogP contribution in [0.15, 0.2) is 18.2 Å². The van der Waals surface area contributed by atoms with Crippen LogP contribution in [0.25, 0.3) is 0 Å². The molecule has 1 nitrogen and oxygen atoms in total. The minimum absolute atomic E-state index is 0.560. The highest BCUT2D eigenvalue weighted by atomic mass is 35.5. The van der Waals surface area contributed by atoms with Crippen LogP contribution >= 0.6 is 11.6 Å². The van der Waals surface area contributed by atoms with E-state index in [4.69, 9.17) is 11.6 Å². The molecule has 0 amide bonds. The summed E-state index contributed by atoms with van der Waals surface area (Å²) in [7, 11) is 1.91. The zero-order chi connectivity index (χ0) is 5.98. The lowest BCUT2D eigenvalue weighted by atomic mass is 10.1. The Morgan fingerprint density at radius 3 is 2.62 bits per heavy atom. The van der Waals surface area contributed by atoms with E-state index in [2.05, 4.69) is 4.98 Å². The minimum atomic E-state index is 0.560. The molecule has 1 aromatic heterocycles. The molecular weight excluding hydrogens is 120 g/mol. The molecule has 1 aromatic rings. The van der Waals surface area contributed by atoms with Gasteiger partial charge in [-0.15, -0.1) is 0 Å². The number of pyridine rings is 1. The van der Waals surface area contributed by atoms with Crippen molar-refractivity contribution < 1.29 is 0 Å². The van der Waals surface area contributed by atoms with Crippen molar-refractivity contribution in [1.82, 2.24) is 4.98 Å². The SMILES string of the molecule is Bc1cccc(Cl)n1. The molecule has 3 heteroatoms. The summed E-state index contributed by atoms with van der Waals surface area (Å²) in [5.41, 5.74) is 0.956. The fourth-order valence-corrected chi connectivity index (χ4v) is 0.716. The van der Waals surface area contributed by atoms with Gasteiger partial charge >= 0.3 is 0 Å². The Hall–Kier alpha value is -0.495. The van der Waals surface area contributed by atoms with Gasteiger partial charge in [0.15, 0.2) is 7.85 Å². The monoisotopic (exact) mass is 125 g/mol. The number of aromatic nitrogens is 1. The van der Waals surface area contributed by atoms with E-state index in [0.29, 0.717) is 5.15 Å². The van der Waals surface area contributed by atoms with Crippen LogP contribution in [0.2, 0.25) is 5.15 Å². The van der Waals surface area contributed by atoms with Gasteiger partial charge in [0, 0.05) is 0 Å². The first-order chi connectivity index (χ1) is 3.79. The van der Waals surface area contributed by atoms with Gasteiger partial charge in [-0.3, -0.25) is 4.98 Å². The third kappa shape index (κ3) is 1.24. The van der Waals surface area contributed by atoms with Gasteiger partial charge in [-0.05, 0) is 11.7 Å². The molecule has 0 atom stereocenters. The molecule has 0 unspecified atom stereocenters. The summed E-state index contributed by atoms with van der Waals surface area (Å²) in [5.74, 6) is 0. The van der Waals surface area contributed by atoms with Crippen LogP contribution < -0.4 is 5.59 Å². The van der Waals surface area contributed by atoms with Crippen LogP contribution in [0.4, 0.5) is 0 Å². The average Bonchev–Trinajstić information content (AvgIpc) is 1.64. The molecule has 40 valence electrons. The minimum Gasteiger partial charge on any atom is -0.252 e. The third-order valence-electron chi connectivity index (χ3n) is 0.854. The molecule has 0 aliphatic rings. The van der Waals surface area contributed by atoms with E-state index in [1.54, 1.807) is 6.07 Å². The van der Waals surface area contributed by atoms with Crippen LogP contribution in [0, 0.1) is 0 Å². The van der Waals surface area contributed by atoms with Gasteiger partial charge in [-0.2, -0.15) is 0 Å². The quantitative estimate of drug-likeness (QED) is 0.351. The van der Waals surface area contributed by atoms with Gasteiger partial charge in [0.1, 0.15) is 5.15 Å². The van der Waals surface area contributed by atoms with Gasteiger partial charge < -0.3 is 0 Å². The summed E-state index contributed by atoms with van der Waals surface area (Å²) in [6.45, 7) is 0. The fraction of sp³-hybridized carbons (Fsp3) is 0. The molecule has 0 aliphatic heterocycles. The maximum Gasteiger partial charge on any atom is 0.163 e. The standard InChI is InChI=1S/C5H5BClN/c6-4-2-1-3-5(7)8-4/h1-3H,6H2. The molecule has 0 saturated heterocycles. The van der Waals surface area contributed by atoms with Crippen molar-refractivity contribution >= 4 is 25.0 Å². The van der Waals surface area contributed by atoms with Crippen LogP contribution in [-0.2, 0) is 0 Å². The number of rotatable bonds is 0. The number of hydrogen-bond donors (Lipinski definition) is 0. The number of nitrogens with zero attached hydrogens (tertiary/aromatic N) is 1. The van der Waals surface area contributed by atoms with Gasteiger partial charge in [-0.25, -0.2) is 0 Å². The summed E-state index contributed by atoms with van der Waals surface area (Å²) in [4.78, 5) is 3.94. The summed E-state index contributed by atoms with van der Waals surface area (Å²) in [5, 5.41) is 0.560. The van der Waals surface area contributed by atoms with E-state index in [0.717, 1.165) is 5.59 Å². The lowest BCUT2D eigenvalue weighted by molar-refractivity contribution is 1.39. The summed E-state index contributed by atoms with van der Waals surface area (Å²) in [6.07, 6.45) is 0. The highest BCUT2D eigenvalue weighted by Crippen LogP contribution is 1.96. The van der Waals surface area contributed by atoms with Crippen molar-refractivity contribution in [2.75, 3.05) is 0 Å². The lowest BCUT2D eigenvalue weighted by Gasteiger charge is -1.88. The second-order valence-electron chi connectivity index (χ2n) is 1.60. The molecular formula is C5H5BClN. The first-order valence-electron chi connectivity index (χ1n) is 2.38. The third-order valence-corrected chi connectivity index (χ3v) is 1.06. The number of hydrogen-bond acceptors (Lipinski definition) is 1. The number of halogens is 1. The van der Waals surface area contributed by atoms with Gasteiger partial charge in [0.25, 0.3) is 0 Å². The zero-order valence-electron chi connectivity index (χ0n) is 4.56. The average molecular weight is 125 g/mol. The van der Waals surface area contributed by atoms with Crippen LogP contribution in [0.3, 0.4) is 0 Å². The Kier molecular flexibility index (Phi) is 1.54. The topological polar surface area (TPSA) is 12.9 Å². The normalized spacial score (nSPS) is 9.12. The Morgan fingerprint density at radius 1 is 1.50 bits per heavy atom. The van der Waals surface area contributed by atoms with Crippen molar-refractivity contribution in [3.8, 4) is 0 Å². The fourth-order valence-electron chi connectivity index (χ4n) is 0.510. The van der Waals surface area contributed by atoms with E-state index in [1.165, 1.54) is 0 Å². The summed E-state index contributed by atoms with van der Waals surface area (Å²) in [6, 6.07) is 5.55. The molecule has 0 fully saturated rings. The molecule has 0 N–H and O–H groups in total. The van der Waals surface area contributed by atoms with E-state index in [9.17, 15) is 0 Å². The molecule has 0 saturated carbocycles. The molecule has 1 heterocycles. The first kappa shape index (κ1) is 5.64. The van der Waals surface area contributed by atoms with Gasteiger partial charge in [0.2, 0.25) is 0 Å². The largest absolute Gasteiger partial charge is 0.252 e. The van der Waals surface area contributed by atoms with Gasteiger partial charge in [-0.1, -0.05) is 23.7 Å². The molecule has 0 aromatic carbocycles. The molecule has 0 aliphatic carbocycles. The van der Waals surface area contributed by atoms with E-state index >= 15 is 0 Å². The summed E-state index contributed by atoms with van der Waals surface area (Å²) >= 11 is 5.53. The maximum absolute atomic E-state index is 5.53. The highest BCUT2D eigenvalue weighted by molar-refractivity contribution is 6.33. The second-order valence-corrected chi connectivity index (χ2v) is 1.99. The van der Waals surface area contributed by atoms with Crippen molar-refractivity contribution in [2.45, 2.75) is 0 Å². The lowest BCUT2D eigenvalue weighted by Crippen LogP contribution is -2.05. The molecule has 0 radical (unpaired) electrons. The maximum atomic E-state index is 5.53. The van der Waals surface area contributed by atoms with Crippen molar-refractivity contribution in [3.63, 3.8) is 0 Å². The highest BCUT2D eigenvalue weighted by Gasteiger charge is 1.84. The zero-order valence-corrected chi connectivity index (χ0v) is 5.31. The molecule has 0 spiro atoms. The van der Waals surface area contributed by atoms with Gasteiger partial charge in [0.05, 0.1) is 0 Å². The van der Waals surface area contributed by atoms with E-state index in [-0.39, 0.29) is 0 Å². The van der Waals surface area contributed by atoms with Crippen molar-refractivity contribution in [3.05, 3.63) is 23.4 Å². The van der Waals surface area contributed by atoms with E-state index in [1.807, 2.05) is 20.0 Å². The van der Waals surface area contributed by atoms with Crippen molar-refractivity contribution in [2.24, 2.45) is 0 Å². The predicted molar refractivity (Wildman–Crippen MR) is 37.4 cm³/mol. The Bertz CT molecular complexity index is 172. The van der Waals surface area contributed by atoms with Crippen LogP contribution in [0.5, 0.6) is 0 Å². The Labute approximate surface area is 54.1 Å².